The Morgan fingerprint density at radius 2 is 1.62 bits per heavy atom. The second-order valence-electron chi connectivity index (χ2n) is 7.10. The van der Waals surface area contributed by atoms with Gasteiger partial charge in [0, 0.05) is 17.3 Å². The first-order chi connectivity index (χ1) is 14.3. The minimum Gasteiger partial charge on any atom is -0.457 e. The van der Waals surface area contributed by atoms with Crippen molar-refractivity contribution in [1.82, 2.24) is 0 Å². The predicted molar refractivity (Wildman–Crippen MR) is 116 cm³/mol. The minimum atomic E-state index is -0.182. The fraction of sp³-hybridized carbons (Fsp3) is 0.0385. The van der Waals surface area contributed by atoms with E-state index in [-0.39, 0.29) is 5.91 Å². The number of carbonyl (C=O) groups excluding carboxylic acids is 1. The van der Waals surface area contributed by atoms with Gasteiger partial charge in [0.2, 0.25) is 5.91 Å². The maximum Gasteiger partial charge on any atom is 0.248 e. The molecule has 0 aliphatic heterocycles. The number of fused-ring (bicyclic) bond motifs is 3. The smallest absolute Gasteiger partial charge is 0.248 e. The van der Waals surface area contributed by atoms with E-state index in [0.29, 0.717) is 5.76 Å². The van der Waals surface area contributed by atoms with E-state index in [1.807, 2.05) is 48.5 Å². The summed E-state index contributed by atoms with van der Waals surface area (Å²) >= 11 is 0. The number of anilines is 1. The molecule has 0 bridgehead atoms. The number of rotatable bonds is 4. The molecule has 1 aromatic heterocycles. The average molecular weight is 377 g/mol. The summed E-state index contributed by atoms with van der Waals surface area (Å²) in [5.74, 6) is 1.24. The van der Waals surface area contributed by atoms with E-state index in [1.165, 1.54) is 28.3 Å². The molecule has 1 N–H and O–H groups in total. The lowest BCUT2D eigenvalue weighted by Gasteiger charge is -2.06. The van der Waals surface area contributed by atoms with Crippen LogP contribution in [0.25, 0.3) is 28.5 Å². The van der Waals surface area contributed by atoms with Gasteiger partial charge in [-0.3, -0.25) is 4.79 Å². The first-order valence-electron chi connectivity index (χ1n) is 9.62. The lowest BCUT2D eigenvalue weighted by atomic mass is 10.1. The van der Waals surface area contributed by atoms with Gasteiger partial charge in [-0.2, -0.15) is 0 Å². The third kappa shape index (κ3) is 3.50. The van der Waals surface area contributed by atoms with Gasteiger partial charge in [-0.25, -0.2) is 0 Å². The van der Waals surface area contributed by atoms with Crippen molar-refractivity contribution in [3.63, 3.8) is 0 Å². The molecule has 0 unspecified atom stereocenters. The second-order valence-corrected chi connectivity index (χ2v) is 7.10. The van der Waals surface area contributed by atoms with Crippen molar-refractivity contribution in [3.05, 3.63) is 108 Å². The molecule has 0 atom stereocenters. The van der Waals surface area contributed by atoms with Crippen LogP contribution in [0.1, 0.15) is 16.9 Å². The minimum absolute atomic E-state index is 0.182. The Kier molecular flexibility index (Phi) is 4.34. The van der Waals surface area contributed by atoms with Crippen LogP contribution in [0.5, 0.6) is 0 Å². The topological polar surface area (TPSA) is 42.2 Å². The normalized spacial score (nSPS) is 12.0. The van der Waals surface area contributed by atoms with E-state index >= 15 is 0 Å². The van der Waals surface area contributed by atoms with E-state index in [2.05, 4.69) is 41.7 Å². The fourth-order valence-electron chi connectivity index (χ4n) is 3.76. The van der Waals surface area contributed by atoms with E-state index in [4.69, 9.17) is 4.42 Å². The van der Waals surface area contributed by atoms with Gasteiger partial charge in [0.1, 0.15) is 11.5 Å². The van der Waals surface area contributed by atoms with Crippen molar-refractivity contribution in [2.75, 3.05) is 5.32 Å². The lowest BCUT2D eigenvalue weighted by molar-refractivity contribution is -0.111. The predicted octanol–water partition coefficient (Wildman–Crippen LogP) is 6.17. The largest absolute Gasteiger partial charge is 0.457 e. The lowest BCUT2D eigenvalue weighted by Crippen LogP contribution is -2.07. The van der Waals surface area contributed by atoms with Gasteiger partial charge < -0.3 is 9.73 Å². The van der Waals surface area contributed by atoms with Crippen molar-refractivity contribution in [3.8, 4) is 22.5 Å². The summed E-state index contributed by atoms with van der Waals surface area (Å²) in [6.45, 7) is 0. The zero-order valence-electron chi connectivity index (χ0n) is 15.8. The average Bonchev–Trinajstić information content (AvgIpc) is 3.37. The van der Waals surface area contributed by atoms with E-state index < -0.39 is 0 Å². The summed E-state index contributed by atoms with van der Waals surface area (Å²) in [7, 11) is 0. The first-order valence-corrected chi connectivity index (χ1v) is 9.62. The third-order valence-electron chi connectivity index (χ3n) is 5.15. The molecule has 1 heterocycles. The molecule has 0 saturated carbocycles. The highest BCUT2D eigenvalue weighted by atomic mass is 16.3. The van der Waals surface area contributed by atoms with Crippen molar-refractivity contribution >= 4 is 17.7 Å². The quantitative estimate of drug-likeness (QED) is 0.381. The summed E-state index contributed by atoms with van der Waals surface area (Å²) < 4.78 is 5.80. The first kappa shape index (κ1) is 17.3. The molecule has 3 nitrogen and oxygen atoms in total. The molecule has 0 fully saturated rings. The number of amides is 1. The highest BCUT2D eigenvalue weighted by Crippen LogP contribution is 2.37. The Balaban J connectivity index is 1.27. The molecule has 29 heavy (non-hydrogen) atoms. The molecule has 140 valence electrons. The van der Waals surface area contributed by atoms with Crippen LogP contribution in [-0.4, -0.2) is 5.91 Å². The maximum atomic E-state index is 12.3. The number of nitrogens with one attached hydrogen (secondary N) is 1. The fourth-order valence-corrected chi connectivity index (χ4v) is 3.76. The summed E-state index contributed by atoms with van der Waals surface area (Å²) in [6, 6.07) is 28.2. The monoisotopic (exact) mass is 377 g/mol. The number of furan rings is 1. The summed E-state index contributed by atoms with van der Waals surface area (Å²) in [6.07, 6.45) is 4.08. The van der Waals surface area contributed by atoms with E-state index in [9.17, 15) is 4.79 Å². The second kappa shape index (κ2) is 7.28. The molecule has 1 aliphatic carbocycles. The van der Waals surface area contributed by atoms with Gasteiger partial charge in [-0.05, 0) is 59.0 Å². The number of hydrogen-bond donors (Lipinski definition) is 1. The highest BCUT2D eigenvalue weighted by molar-refractivity contribution is 6.02. The van der Waals surface area contributed by atoms with Gasteiger partial charge in [0.25, 0.3) is 0 Å². The maximum absolute atomic E-state index is 12.3. The summed E-state index contributed by atoms with van der Waals surface area (Å²) in [5, 5.41) is 2.94. The van der Waals surface area contributed by atoms with Crippen molar-refractivity contribution < 1.29 is 9.21 Å². The van der Waals surface area contributed by atoms with Gasteiger partial charge in [0.05, 0.1) is 0 Å². The molecular formula is C26H19NO2. The standard InChI is InChI=1S/C26H19NO2/c28-26(15-12-22-11-14-25(29-22)18-6-2-1-3-7-18)27-21-10-13-24-20(17-21)16-19-8-4-5-9-23(19)24/h1-15,17H,16H2,(H,27,28)/b15-12+. The Labute approximate surface area is 169 Å². The van der Waals surface area contributed by atoms with Crippen LogP contribution < -0.4 is 5.32 Å². The van der Waals surface area contributed by atoms with E-state index in [1.54, 1.807) is 6.08 Å². The SMILES string of the molecule is O=C(/C=C/c1ccc(-c2ccccc2)o1)Nc1ccc2c(c1)Cc1ccccc1-2. The molecular weight excluding hydrogens is 358 g/mol. The number of carbonyl (C=O) groups is 1. The van der Waals surface area contributed by atoms with Crippen LogP contribution in [-0.2, 0) is 11.2 Å². The Morgan fingerprint density at radius 3 is 2.52 bits per heavy atom. The Bertz CT molecular complexity index is 1220. The van der Waals surface area contributed by atoms with Crippen LogP contribution in [0.3, 0.4) is 0 Å². The van der Waals surface area contributed by atoms with Crippen LogP contribution >= 0.6 is 0 Å². The number of hydrogen-bond acceptors (Lipinski definition) is 2. The van der Waals surface area contributed by atoms with Crippen molar-refractivity contribution in [2.45, 2.75) is 6.42 Å². The Hall–Kier alpha value is -3.85. The molecule has 5 rings (SSSR count). The number of benzene rings is 3. The van der Waals surface area contributed by atoms with Gasteiger partial charge in [-0.1, -0.05) is 60.7 Å². The molecule has 0 saturated heterocycles. The van der Waals surface area contributed by atoms with Gasteiger partial charge >= 0.3 is 0 Å². The molecule has 4 aromatic rings. The summed E-state index contributed by atoms with van der Waals surface area (Å²) in [4.78, 5) is 12.3. The summed E-state index contributed by atoms with van der Waals surface area (Å²) in [5.41, 5.74) is 6.92. The van der Waals surface area contributed by atoms with Crippen LogP contribution in [0.2, 0.25) is 0 Å². The zero-order chi connectivity index (χ0) is 19.6. The van der Waals surface area contributed by atoms with Crippen LogP contribution in [0.15, 0.2) is 95.4 Å². The highest BCUT2D eigenvalue weighted by Gasteiger charge is 2.18. The molecule has 3 aromatic carbocycles. The zero-order valence-corrected chi connectivity index (χ0v) is 15.8. The van der Waals surface area contributed by atoms with E-state index in [0.717, 1.165) is 23.4 Å². The molecule has 1 aliphatic rings. The molecule has 0 spiro atoms. The van der Waals surface area contributed by atoms with Crippen molar-refractivity contribution in [1.29, 1.82) is 0 Å². The molecule has 1 amide bonds. The van der Waals surface area contributed by atoms with Crippen molar-refractivity contribution in [2.24, 2.45) is 0 Å². The molecule has 3 heteroatoms. The van der Waals surface area contributed by atoms with Crippen LogP contribution in [0.4, 0.5) is 5.69 Å². The van der Waals surface area contributed by atoms with Crippen LogP contribution in [0, 0.1) is 0 Å². The Morgan fingerprint density at radius 1 is 0.828 bits per heavy atom. The third-order valence-corrected chi connectivity index (χ3v) is 5.15. The van der Waals surface area contributed by atoms with Gasteiger partial charge in [0.15, 0.2) is 0 Å². The molecule has 0 radical (unpaired) electrons. The van der Waals surface area contributed by atoms with Gasteiger partial charge in [-0.15, -0.1) is 0 Å².